The lowest BCUT2D eigenvalue weighted by molar-refractivity contribution is -0.150. The second-order valence-corrected chi connectivity index (χ2v) is 6.39. The van der Waals surface area contributed by atoms with E-state index in [0.29, 0.717) is 19.7 Å². The molecule has 0 aromatic rings. The molecule has 1 saturated heterocycles. The highest BCUT2D eigenvalue weighted by molar-refractivity contribution is 7.91. The van der Waals surface area contributed by atoms with Crippen LogP contribution in [0.2, 0.25) is 0 Å². The molecule has 0 aromatic heterocycles. The van der Waals surface area contributed by atoms with Crippen LogP contribution >= 0.6 is 0 Å². The summed E-state index contributed by atoms with van der Waals surface area (Å²) in [5, 5.41) is 3.76. The Morgan fingerprint density at radius 3 is 2.80 bits per heavy atom. The van der Waals surface area contributed by atoms with E-state index >= 15 is 0 Å². The average Bonchev–Trinajstić information content (AvgIpc) is 2.19. The Morgan fingerprint density at radius 1 is 1.53 bits per heavy atom. The van der Waals surface area contributed by atoms with E-state index in [-0.39, 0.29) is 23.9 Å². The average molecular weight is 236 g/mol. The number of hydrogen-bond donors (Lipinski definition) is 0. The van der Waals surface area contributed by atoms with E-state index in [1.807, 2.05) is 0 Å². The summed E-state index contributed by atoms with van der Waals surface area (Å²) in [6.45, 7) is 5.28. The van der Waals surface area contributed by atoms with Crippen LogP contribution in [0.5, 0.6) is 0 Å². The van der Waals surface area contributed by atoms with Crippen LogP contribution in [0.15, 0.2) is 0 Å². The summed E-state index contributed by atoms with van der Waals surface area (Å²) in [6.07, 6.45) is -0.360. The molecular formula is C9H18NO4S. The molecule has 0 aromatic carbocycles. The lowest BCUT2D eigenvalue weighted by Gasteiger charge is -2.22. The fourth-order valence-corrected chi connectivity index (χ4v) is 1.93. The van der Waals surface area contributed by atoms with Crippen LogP contribution in [0.25, 0.3) is 0 Å². The minimum Gasteiger partial charge on any atom is -0.350 e. The van der Waals surface area contributed by atoms with Gasteiger partial charge in [-0.25, -0.2) is 13.7 Å². The molecule has 0 saturated carbocycles. The van der Waals surface area contributed by atoms with E-state index in [9.17, 15) is 8.42 Å². The van der Waals surface area contributed by atoms with Crippen LogP contribution in [-0.4, -0.2) is 52.0 Å². The summed E-state index contributed by atoms with van der Waals surface area (Å²) in [6, 6.07) is 0. The molecule has 89 valence electrons. The molecule has 1 aliphatic rings. The summed E-state index contributed by atoms with van der Waals surface area (Å²) in [4.78, 5) is 0. The first kappa shape index (κ1) is 12.9. The molecule has 15 heavy (non-hydrogen) atoms. The van der Waals surface area contributed by atoms with Crippen LogP contribution in [-0.2, 0) is 19.3 Å². The molecule has 1 heterocycles. The fourth-order valence-electron chi connectivity index (χ4n) is 1.13. The Morgan fingerprint density at radius 2 is 2.27 bits per heavy atom. The van der Waals surface area contributed by atoms with E-state index in [2.05, 4.69) is 5.32 Å². The van der Waals surface area contributed by atoms with Crippen molar-refractivity contribution in [3.63, 3.8) is 0 Å². The zero-order valence-electron chi connectivity index (χ0n) is 9.18. The normalized spacial score (nSPS) is 23.3. The molecule has 5 nitrogen and oxygen atoms in total. The van der Waals surface area contributed by atoms with E-state index in [0.717, 1.165) is 0 Å². The minimum atomic E-state index is -3.01. The highest BCUT2D eigenvalue weighted by Crippen LogP contribution is 2.03. The molecule has 6 heteroatoms. The van der Waals surface area contributed by atoms with Crippen LogP contribution < -0.4 is 5.32 Å². The highest BCUT2D eigenvalue weighted by Gasteiger charge is 2.18. The number of morpholine rings is 1. The summed E-state index contributed by atoms with van der Waals surface area (Å²) >= 11 is 0. The first-order valence-electron chi connectivity index (χ1n) is 5.10. The largest absolute Gasteiger partial charge is 0.350 e. The number of ether oxygens (including phenoxy) is 2. The third-order valence-corrected chi connectivity index (χ3v) is 4.39. The summed E-state index contributed by atoms with van der Waals surface area (Å²) < 4.78 is 33.4. The monoisotopic (exact) mass is 236 g/mol. The number of rotatable bonds is 5. The minimum absolute atomic E-state index is 0.0462. The zero-order chi connectivity index (χ0) is 11.3. The fraction of sp³-hybridized carbons (Fsp3) is 1.00. The second-order valence-electron chi connectivity index (χ2n) is 3.72. The third kappa shape index (κ3) is 4.46. The molecular weight excluding hydrogens is 218 g/mol. The van der Waals surface area contributed by atoms with E-state index in [4.69, 9.17) is 9.47 Å². The summed E-state index contributed by atoms with van der Waals surface area (Å²) in [7, 11) is -3.01. The topological polar surface area (TPSA) is 66.7 Å². The molecule has 1 radical (unpaired) electrons. The van der Waals surface area contributed by atoms with Crippen LogP contribution in [0.3, 0.4) is 0 Å². The molecule has 0 amide bonds. The first-order valence-corrected chi connectivity index (χ1v) is 6.82. The zero-order valence-corrected chi connectivity index (χ0v) is 10.00. The van der Waals surface area contributed by atoms with Crippen molar-refractivity contribution in [3.05, 3.63) is 0 Å². The van der Waals surface area contributed by atoms with Crippen LogP contribution in [0.4, 0.5) is 0 Å². The van der Waals surface area contributed by atoms with Crippen molar-refractivity contribution in [2.45, 2.75) is 25.4 Å². The maximum absolute atomic E-state index is 11.4. The van der Waals surface area contributed by atoms with Gasteiger partial charge in [-0.05, 0) is 13.8 Å². The van der Waals surface area contributed by atoms with Crippen molar-refractivity contribution in [2.24, 2.45) is 0 Å². The van der Waals surface area contributed by atoms with Gasteiger partial charge in [0.25, 0.3) is 0 Å². The quantitative estimate of drug-likeness (QED) is 0.662. The van der Waals surface area contributed by atoms with Crippen molar-refractivity contribution in [1.82, 2.24) is 5.32 Å². The lowest BCUT2D eigenvalue weighted by Crippen LogP contribution is -2.37. The van der Waals surface area contributed by atoms with Gasteiger partial charge in [0.2, 0.25) is 0 Å². The Kier molecular flexibility index (Phi) is 4.98. The molecule has 0 bridgehead atoms. The standard InChI is InChI=1S/C9H18NO4S/c1-8(2)15(11,12)6-5-14-9-7-10-3-4-13-9/h8-9H,3-7H2,1-2H3. The first-order chi connectivity index (χ1) is 7.02. The van der Waals surface area contributed by atoms with Gasteiger partial charge in [-0.15, -0.1) is 0 Å². The Labute approximate surface area is 91.1 Å². The van der Waals surface area contributed by atoms with Crippen molar-refractivity contribution < 1.29 is 17.9 Å². The van der Waals surface area contributed by atoms with Gasteiger partial charge in [0, 0.05) is 6.54 Å². The van der Waals surface area contributed by atoms with Crippen molar-refractivity contribution in [2.75, 3.05) is 32.1 Å². The molecule has 1 fully saturated rings. The van der Waals surface area contributed by atoms with Gasteiger partial charge >= 0.3 is 0 Å². The van der Waals surface area contributed by atoms with Gasteiger partial charge in [0.05, 0.1) is 30.8 Å². The Hall–Kier alpha value is -0.170. The predicted molar refractivity (Wildman–Crippen MR) is 56.5 cm³/mol. The third-order valence-electron chi connectivity index (χ3n) is 2.22. The number of hydrogen-bond acceptors (Lipinski definition) is 4. The molecule has 0 spiro atoms. The number of nitrogens with zero attached hydrogens (tertiary/aromatic N) is 1. The Bertz CT molecular complexity index is 270. The van der Waals surface area contributed by atoms with Gasteiger partial charge in [-0.3, -0.25) is 0 Å². The molecule has 1 unspecified atom stereocenters. The smallest absolute Gasteiger partial charge is 0.171 e. The molecule has 1 atom stereocenters. The van der Waals surface area contributed by atoms with Gasteiger partial charge in [0.1, 0.15) is 0 Å². The van der Waals surface area contributed by atoms with Gasteiger partial charge < -0.3 is 9.47 Å². The SMILES string of the molecule is CC(C)S(=O)(=O)CCOC1C[N]CCO1. The van der Waals surface area contributed by atoms with E-state index < -0.39 is 9.84 Å². The van der Waals surface area contributed by atoms with Gasteiger partial charge in [0.15, 0.2) is 16.1 Å². The maximum atomic E-state index is 11.4. The summed E-state index contributed by atoms with van der Waals surface area (Å²) in [5.74, 6) is 0.0462. The summed E-state index contributed by atoms with van der Waals surface area (Å²) in [5.41, 5.74) is 0. The Balaban J connectivity index is 2.20. The van der Waals surface area contributed by atoms with E-state index in [1.54, 1.807) is 13.8 Å². The van der Waals surface area contributed by atoms with Gasteiger partial charge in [-0.1, -0.05) is 0 Å². The van der Waals surface area contributed by atoms with Crippen molar-refractivity contribution in [3.8, 4) is 0 Å². The van der Waals surface area contributed by atoms with Crippen LogP contribution in [0, 0.1) is 0 Å². The maximum Gasteiger partial charge on any atom is 0.171 e. The molecule has 0 aliphatic carbocycles. The van der Waals surface area contributed by atoms with Crippen molar-refractivity contribution >= 4 is 9.84 Å². The molecule has 1 rings (SSSR count). The van der Waals surface area contributed by atoms with Crippen LogP contribution in [0.1, 0.15) is 13.8 Å². The number of sulfone groups is 1. The van der Waals surface area contributed by atoms with E-state index in [1.165, 1.54) is 0 Å². The predicted octanol–water partition coefficient (Wildman–Crippen LogP) is -0.213. The molecule has 1 aliphatic heterocycles. The highest BCUT2D eigenvalue weighted by atomic mass is 32.2. The van der Waals surface area contributed by atoms with Gasteiger partial charge in [-0.2, -0.15) is 0 Å². The van der Waals surface area contributed by atoms with Crippen molar-refractivity contribution in [1.29, 1.82) is 0 Å². The lowest BCUT2D eigenvalue weighted by atomic mass is 10.5. The molecule has 0 N–H and O–H groups in total. The second kappa shape index (κ2) is 5.79.